The summed E-state index contributed by atoms with van der Waals surface area (Å²) in [7, 11) is 0. The summed E-state index contributed by atoms with van der Waals surface area (Å²) in [6.07, 6.45) is 2.56. The van der Waals surface area contributed by atoms with Gasteiger partial charge < -0.3 is 10.6 Å². The summed E-state index contributed by atoms with van der Waals surface area (Å²) in [5.41, 5.74) is 1.64. The molecule has 3 rings (SSSR count). The van der Waals surface area contributed by atoms with Gasteiger partial charge in [0.1, 0.15) is 0 Å². The Hall–Kier alpha value is -1.99. The Morgan fingerprint density at radius 2 is 2.22 bits per heavy atom. The summed E-state index contributed by atoms with van der Waals surface area (Å²) in [4.78, 5) is 11.9. The normalized spacial score (nSPS) is 13.4. The summed E-state index contributed by atoms with van der Waals surface area (Å²) < 4.78 is 1.72. The fourth-order valence-electron chi connectivity index (χ4n) is 2.28. The Labute approximate surface area is 141 Å². The summed E-state index contributed by atoms with van der Waals surface area (Å²) in [5.74, 6) is 1.43. The highest BCUT2D eigenvalue weighted by atomic mass is 35.5. The Bertz CT molecular complexity index is 655. The molecule has 0 unspecified atom stereocenters. The van der Waals surface area contributed by atoms with Crippen LogP contribution in [0.3, 0.4) is 0 Å². The van der Waals surface area contributed by atoms with Crippen molar-refractivity contribution in [3.8, 4) is 11.4 Å². The van der Waals surface area contributed by atoms with Crippen molar-refractivity contribution in [3.05, 3.63) is 24.3 Å². The van der Waals surface area contributed by atoms with Crippen molar-refractivity contribution in [1.29, 1.82) is 0 Å². The molecule has 124 valence electrons. The molecule has 0 radical (unpaired) electrons. The van der Waals surface area contributed by atoms with Gasteiger partial charge in [0.05, 0.1) is 6.54 Å². The van der Waals surface area contributed by atoms with Gasteiger partial charge in [-0.1, -0.05) is 12.1 Å². The smallest absolute Gasteiger partial charge is 0.238 e. The highest BCUT2D eigenvalue weighted by Crippen LogP contribution is 2.27. The van der Waals surface area contributed by atoms with Crippen LogP contribution in [-0.4, -0.2) is 39.2 Å². The number of anilines is 1. The second-order valence-corrected chi connectivity index (χ2v) is 5.52. The van der Waals surface area contributed by atoms with E-state index in [1.807, 2.05) is 31.2 Å². The molecule has 1 saturated carbocycles. The van der Waals surface area contributed by atoms with Gasteiger partial charge in [-0.25, -0.2) is 4.68 Å². The molecule has 2 aromatic rings. The number of hydrogen-bond acceptors (Lipinski definition) is 5. The zero-order valence-electron chi connectivity index (χ0n) is 13.0. The van der Waals surface area contributed by atoms with Crippen LogP contribution in [0.1, 0.15) is 19.8 Å². The average molecular weight is 337 g/mol. The minimum Gasteiger partial charge on any atom is -0.325 e. The van der Waals surface area contributed by atoms with E-state index in [1.54, 1.807) is 4.68 Å². The predicted octanol–water partition coefficient (Wildman–Crippen LogP) is 1.72. The number of rotatable bonds is 7. The number of tetrazole rings is 1. The van der Waals surface area contributed by atoms with E-state index in [-0.39, 0.29) is 18.3 Å². The van der Waals surface area contributed by atoms with Crippen LogP contribution in [0.2, 0.25) is 0 Å². The van der Waals surface area contributed by atoms with E-state index < -0.39 is 0 Å². The maximum absolute atomic E-state index is 11.9. The molecular formula is C15H21ClN6O. The zero-order chi connectivity index (χ0) is 15.4. The van der Waals surface area contributed by atoms with Crippen LogP contribution in [0.4, 0.5) is 5.69 Å². The maximum atomic E-state index is 11.9. The van der Waals surface area contributed by atoms with Crippen LogP contribution in [0.25, 0.3) is 11.4 Å². The molecule has 0 aliphatic heterocycles. The molecule has 0 atom stereocenters. The van der Waals surface area contributed by atoms with Gasteiger partial charge in [-0.05, 0) is 54.8 Å². The van der Waals surface area contributed by atoms with Crippen LogP contribution in [0, 0.1) is 5.92 Å². The van der Waals surface area contributed by atoms with Crippen molar-refractivity contribution in [3.63, 3.8) is 0 Å². The number of amides is 1. The summed E-state index contributed by atoms with van der Waals surface area (Å²) in [6.45, 7) is 3.95. The van der Waals surface area contributed by atoms with Crippen LogP contribution in [-0.2, 0) is 11.3 Å². The number of aryl methyl sites for hydroxylation is 1. The number of nitrogens with zero attached hydrogens (tertiary/aromatic N) is 4. The van der Waals surface area contributed by atoms with Gasteiger partial charge >= 0.3 is 0 Å². The molecule has 23 heavy (non-hydrogen) atoms. The molecule has 2 N–H and O–H groups in total. The van der Waals surface area contributed by atoms with Crippen molar-refractivity contribution in [2.75, 3.05) is 18.4 Å². The number of carbonyl (C=O) groups is 1. The standard InChI is InChI=1S/C15H20N6O.ClH/c1-2-21-15(18-19-20-21)12-4-3-5-13(8-12)17-14(22)10-16-9-11-6-7-11;/h3-5,8,11,16H,2,6-7,9-10H2,1H3,(H,17,22);1H. The largest absolute Gasteiger partial charge is 0.325 e. The molecule has 1 amide bonds. The fourth-order valence-corrected chi connectivity index (χ4v) is 2.28. The van der Waals surface area contributed by atoms with E-state index in [0.717, 1.165) is 23.7 Å². The number of hydrogen-bond donors (Lipinski definition) is 2. The van der Waals surface area contributed by atoms with Crippen molar-refractivity contribution < 1.29 is 4.79 Å². The van der Waals surface area contributed by atoms with Crippen LogP contribution in [0.5, 0.6) is 0 Å². The quantitative estimate of drug-likeness (QED) is 0.804. The van der Waals surface area contributed by atoms with Gasteiger partial charge in [0, 0.05) is 17.8 Å². The zero-order valence-corrected chi connectivity index (χ0v) is 13.8. The molecular weight excluding hydrogens is 316 g/mol. The molecule has 1 aromatic carbocycles. The van der Waals surface area contributed by atoms with Crippen molar-refractivity contribution in [1.82, 2.24) is 25.5 Å². The third-order valence-corrected chi connectivity index (χ3v) is 3.65. The monoisotopic (exact) mass is 336 g/mol. The van der Waals surface area contributed by atoms with Crippen LogP contribution >= 0.6 is 12.4 Å². The predicted molar refractivity (Wildman–Crippen MR) is 90.4 cm³/mol. The summed E-state index contributed by atoms with van der Waals surface area (Å²) in [5, 5.41) is 17.7. The number of carbonyl (C=O) groups excluding carboxylic acids is 1. The first-order chi connectivity index (χ1) is 10.8. The van der Waals surface area contributed by atoms with Gasteiger partial charge in [0.2, 0.25) is 5.91 Å². The number of aromatic nitrogens is 4. The van der Waals surface area contributed by atoms with Crippen molar-refractivity contribution >= 4 is 24.0 Å². The first-order valence-electron chi connectivity index (χ1n) is 7.63. The third-order valence-electron chi connectivity index (χ3n) is 3.65. The first kappa shape index (κ1) is 17.4. The summed E-state index contributed by atoms with van der Waals surface area (Å²) >= 11 is 0. The molecule has 1 fully saturated rings. The molecule has 1 heterocycles. The molecule has 1 aromatic heterocycles. The van der Waals surface area contributed by atoms with Crippen molar-refractivity contribution in [2.24, 2.45) is 5.92 Å². The van der Waals surface area contributed by atoms with Gasteiger partial charge in [-0.2, -0.15) is 0 Å². The lowest BCUT2D eigenvalue weighted by Crippen LogP contribution is -2.29. The first-order valence-corrected chi connectivity index (χ1v) is 7.63. The van der Waals surface area contributed by atoms with E-state index >= 15 is 0 Å². The second-order valence-electron chi connectivity index (χ2n) is 5.52. The Morgan fingerprint density at radius 1 is 1.39 bits per heavy atom. The lowest BCUT2D eigenvalue weighted by Gasteiger charge is -2.08. The Kier molecular flexibility index (Phi) is 6.06. The van der Waals surface area contributed by atoms with Gasteiger partial charge in [-0.15, -0.1) is 17.5 Å². The van der Waals surface area contributed by atoms with E-state index in [2.05, 4.69) is 26.2 Å². The van der Waals surface area contributed by atoms with E-state index in [9.17, 15) is 4.79 Å². The number of benzene rings is 1. The van der Waals surface area contributed by atoms with Crippen molar-refractivity contribution in [2.45, 2.75) is 26.3 Å². The fraction of sp³-hybridized carbons (Fsp3) is 0.467. The van der Waals surface area contributed by atoms with Crippen LogP contribution < -0.4 is 10.6 Å². The van der Waals surface area contributed by atoms with Gasteiger partial charge in [0.15, 0.2) is 5.82 Å². The third kappa shape index (κ3) is 4.74. The SMILES string of the molecule is CCn1nnnc1-c1cccc(NC(=O)CNCC2CC2)c1.Cl. The van der Waals surface area contributed by atoms with E-state index in [1.165, 1.54) is 12.8 Å². The lowest BCUT2D eigenvalue weighted by atomic mass is 10.2. The molecule has 0 bridgehead atoms. The highest BCUT2D eigenvalue weighted by molar-refractivity contribution is 5.92. The van der Waals surface area contributed by atoms with Crippen LogP contribution in [0.15, 0.2) is 24.3 Å². The second kappa shape index (κ2) is 8.03. The highest BCUT2D eigenvalue weighted by Gasteiger charge is 2.20. The topological polar surface area (TPSA) is 84.7 Å². The Balaban J connectivity index is 0.00000192. The molecule has 7 nitrogen and oxygen atoms in total. The maximum Gasteiger partial charge on any atom is 0.238 e. The average Bonchev–Trinajstić information content (AvgIpc) is 3.21. The molecule has 8 heteroatoms. The van der Waals surface area contributed by atoms with Gasteiger partial charge in [0.25, 0.3) is 0 Å². The minimum atomic E-state index is -0.0344. The summed E-state index contributed by atoms with van der Waals surface area (Å²) in [6, 6.07) is 7.56. The molecule has 1 aliphatic carbocycles. The number of halogens is 1. The minimum absolute atomic E-state index is 0. The lowest BCUT2D eigenvalue weighted by molar-refractivity contribution is -0.115. The molecule has 1 aliphatic rings. The molecule has 0 saturated heterocycles. The Morgan fingerprint density at radius 3 is 2.96 bits per heavy atom. The van der Waals surface area contributed by atoms with E-state index in [4.69, 9.17) is 0 Å². The van der Waals surface area contributed by atoms with E-state index in [0.29, 0.717) is 18.9 Å². The molecule has 0 spiro atoms. The van der Waals surface area contributed by atoms with Gasteiger partial charge in [-0.3, -0.25) is 4.79 Å². The number of nitrogens with one attached hydrogen (secondary N) is 2.